The first-order chi connectivity index (χ1) is 11.8. The van der Waals surface area contributed by atoms with Gasteiger partial charge in [0.15, 0.2) is 0 Å². The Labute approximate surface area is 144 Å². The second-order valence-electron chi connectivity index (χ2n) is 6.20. The Morgan fingerprint density at radius 2 is 2.12 bits per heavy atom. The third-order valence-electron chi connectivity index (χ3n) is 4.07. The Kier molecular flexibility index (Phi) is 4.30. The van der Waals surface area contributed by atoms with Crippen LogP contribution in [0.3, 0.4) is 0 Å². The molecule has 0 saturated carbocycles. The zero-order valence-corrected chi connectivity index (χ0v) is 14.2. The molecule has 0 saturated heterocycles. The number of aromatic nitrogens is 2. The topological polar surface area (TPSA) is 85.2 Å². The predicted octanol–water partition coefficient (Wildman–Crippen LogP) is 2.62. The van der Waals surface area contributed by atoms with Crippen LogP contribution >= 0.6 is 0 Å². The number of hydrogen-bond donors (Lipinski definition) is 2. The van der Waals surface area contributed by atoms with E-state index in [1.54, 1.807) is 13.0 Å². The zero-order valence-electron chi connectivity index (χ0n) is 14.2. The van der Waals surface area contributed by atoms with E-state index >= 15 is 0 Å². The van der Waals surface area contributed by atoms with E-state index in [9.17, 15) is 14.0 Å². The summed E-state index contributed by atoms with van der Waals surface area (Å²) in [6.07, 6.45) is -0.698. The van der Waals surface area contributed by atoms with Crippen molar-refractivity contribution in [1.82, 2.24) is 15.1 Å². The Morgan fingerprint density at radius 1 is 1.40 bits per heavy atom. The number of carbonyl (C=O) groups excluding carboxylic acids is 2. The van der Waals surface area contributed by atoms with Crippen LogP contribution in [0, 0.1) is 5.82 Å². The van der Waals surface area contributed by atoms with E-state index in [0.717, 1.165) is 4.68 Å². The number of nitrogens with one attached hydrogen (secondary N) is 2. The van der Waals surface area contributed by atoms with Crippen LogP contribution in [-0.4, -0.2) is 28.4 Å². The second kappa shape index (κ2) is 6.29. The minimum Gasteiger partial charge on any atom is -0.448 e. The fraction of sp³-hybridized carbons (Fsp3) is 0.353. The minimum atomic E-state index is -0.698. The lowest BCUT2D eigenvalue weighted by Crippen LogP contribution is -2.31. The van der Waals surface area contributed by atoms with Crippen LogP contribution in [0.2, 0.25) is 0 Å². The predicted molar refractivity (Wildman–Crippen MR) is 88.9 cm³/mol. The fourth-order valence-corrected chi connectivity index (χ4v) is 2.78. The Bertz CT molecular complexity index is 844. The molecule has 132 valence electrons. The van der Waals surface area contributed by atoms with E-state index in [0.29, 0.717) is 17.8 Å². The summed E-state index contributed by atoms with van der Waals surface area (Å²) in [5.74, 6) is -1.10. The van der Waals surface area contributed by atoms with Crippen LogP contribution in [0.5, 0.6) is 0 Å². The van der Waals surface area contributed by atoms with Gasteiger partial charge in [-0.25, -0.2) is 9.18 Å². The first-order valence-electron chi connectivity index (χ1n) is 7.95. The van der Waals surface area contributed by atoms with E-state index in [4.69, 9.17) is 4.74 Å². The first-order valence-corrected chi connectivity index (χ1v) is 7.95. The van der Waals surface area contributed by atoms with Gasteiger partial charge in [0, 0.05) is 12.1 Å². The maximum atomic E-state index is 13.9. The van der Waals surface area contributed by atoms with E-state index in [1.165, 1.54) is 18.2 Å². The van der Waals surface area contributed by atoms with Gasteiger partial charge in [-0.1, -0.05) is 12.1 Å². The normalized spacial score (nSPS) is 14.9. The van der Waals surface area contributed by atoms with Crippen molar-refractivity contribution < 1.29 is 18.7 Å². The molecule has 2 heterocycles. The van der Waals surface area contributed by atoms with E-state index in [2.05, 4.69) is 15.7 Å². The monoisotopic (exact) mass is 346 g/mol. The lowest BCUT2D eigenvalue weighted by molar-refractivity contribution is 0.102. The molecule has 1 aliphatic rings. The molecule has 2 aromatic rings. The average Bonchev–Trinajstić information content (AvgIpc) is 3.06. The summed E-state index contributed by atoms with van der Waals surface area (Å²) in [7, 11) is 0. The van der Waals surface area contributed by atoms with Crippen LogP contribution in [-0.2, 0) is 16.8 Å². The van der Waals surface area contributed by atoms with Crippen LogP contribution in [0.15, 0.2) is 24.3 Å². The summed E-state index contributed by atoms with van der Waals surface area (Å²) in [6, 6.07) is 5.64. The zero-order chi connectivity index (χ0) is 18.2. The van der Waals surface area contributed by atoms with Gasteiger partial charge in [-0.2, -0.15) is 5.10 Å². The Morgan fingerprint density at radius 3 is 2.80 bits per heavy atom. The first kappa shape index (κ1) is 17.1. The highest BCUT2D eigenvalue weighted by atomic mass is 19.1. The lowest BCUT2D eigenvalue weighted by atomic mass is 10.0. The molecule has 3 rings (SSSR count). The number of amides is 1. The van der Waals surface area contributed by atoms with Crippen LogP contribution in [0.1, 0.15) is 42.4 Å². The van der Waals surface area contributed by atoms with E-state index < -0.39 is 23.4 Å². The Hall–Kier alpha value is -2.74. The molecule has 0 fully saturated rings. The summed E-state index contributed by atoms with van der Waals surface area (Å²) in [5, 5.41) is 10.2. The number of rotatable bonds is 3. The highest BCUT2D eigenvalue weighted by molar-refractivity contribution is 6.05. The number of ether oxygens (including phenoxy) is 1. The van der Waals surface area contributed by atoms with Crippen molar-refractivity contribution in [2.24, 2.45) is 0 Å². The van der Waals surface area contributed by atoms with Gasteiger partial charge in [0.2, 0.25) is 0 Å². The molecule has 1 aromatic heterocycles. The standard InChI is InChI=1S/C17H19FN4O3/c1-4-25-16(24)22-14(11-9-19-17(2,3)13(11)21-22)20-15(23)10-7-5-6-8-12(10)18/h5-8,19H,4,9H2,1-3H3,(H,20,23). The fourth-order valence-electron chi connectivity index (χ4n) is 2.78. The molecule has 7 nitrogen and oxygen atoms in total. The maximum absolute atomic E-state index is 13.9. The van der Waals surface area contributed by atoms with E-state index in [1.807, 2.05) is 13.8 Å². The van der Waals surface area contributed by atoms with Crippen LogP contribution in [0.4, 0.5) is 15.0 Å². The van der Waals surface area contributed by atoms with Crippen molar-refractivity contribution in [2.75, 3.05) is 11.9 Å². The number of benzene rings is 1. The molecule has 0 aliphatic carbocycles. The number of nitrogens with zero attached hydrogens (tertiary/aromatic N) is 2. The van der Waals surface area contributed by atoms with Crippen molar-refractivity contribution in [1.29, 1.82) is 0 Å². The molecule has 2 N–H and O–H groups in total. The SMILES string of the molecule is CCOC(=O)n1nc2c(c1NC(=O)c1ccccc1F)CNC2(C)C. The molecule has 25 heavy (non-hydrogen) atoms. The molecule has 1 amide bonds. The summed E-state index contributed by atoms with van der Waals surface area (Å²) in [6.45, 7) is 6.12. The number of carbonyl (C=O) groups is 2. The molecule has 8 heteroatoms. The molecule has 1 aliphatic heterocycles. The Balaban J connectivity index is 2.01. The summed E-state index contributed by atoms with van der Waals surface area (Å²) < 4.78 is 19.9. The third-order valence-corrected chi connectivity index (χ3v) is 4.07. The highest BCUT2D eigenvalue weighted by Gasteiger charge is 2.37. The molecule has 0 bridgehead atoms. The molecular formula is C17H19FN4O3. The van der Waals surface area contributed by atoms with Gasteiger partial charge in [-0.15, -0.1) is 4.68 Å². The van der Waals surface area contributed by atoms with Gasteiger partial charge < -0.3 is 15.4 Å². The highest BCUT2D eigenvalue weighted by Crippen LogP contribution is 2.34. The van der Waals surface area contributed by atoms with Crippen LogP contribution < -0.4 is 10.6 Å². The van der Waals surface area contributed by atoms with Gasteiger partial charge >= 0.3 is 6.09 Å². The summed E-state index contributed by atoms with van der Waals surface area (Å²) in [5.41, 5.74) is 0.759. The van der Waals surface area contributed by atoms with Crippen molar-refractivity contribution in [2.45, 2.75) is 32.9 Å². The third kappa shape index (κ3) is 3.00. The smallest absolute Gasteiger partial charge is 0.436 e. The van der Waals surface area contributed by atoms with Gasteiger partial charge in [-0.3, -0.25) is 4.79 Å². The number of anilines is 1. The number of hydrogen-bond acceptors (Lipinski definition) is 5. The van der Waals surface area contributed by atoms with E-state index in [-0.39, 0.29) is 18.0 Å². The molecule has 0 spiro atoms. The molecule has 0 atom stereocenters. The van der Waals surface area contributed by atoms with Gasteiger partial charge in [0.05, 0.1) is 23.4 Å². The number of halogens is 1. The summed E-state index contributed by atoms with van der Waals surface area (Å²) in [4.78, 5) is 24.7. The van der Waals surface area contributed by atoms with Gasteiger partial charge in [0.1, 0.15) is 11.6 Å². The largest absolute Gasteiger partial charge is 0.448 e. The number of fused-ring (bicyclic) bond motifs is 1. The summed E-state index contributed by atoms with van der Waals surface area (Å²) >= 11 is 0. The quantitative estimate of drug-likeness (QED) is 0.892. The molecule has 0 unspecified atom stereocenters. The van der Waals surface area contributed by atoms with Crippen molar-refractivity contribution in [3.05, 3.63) is 46.9 Å². The average molecular weight is 346 g/mol. The van der Waals surface area contributed by atoms with Gasteiger partial charge in [-0.05, 0) is 32.9 Å². The minimum absolute atomic E-state index is 0.113. The molecule has 0 radical (unpaired) electrons. The van der Waals surface area contributed by atoms with Gasteiger partial charge in [0.25, 0.3) is 5.91 Å². The van der Waals surface area contributed by atoms with Crippen molar-refractivity contribution in [3.63, 3.8) is 0 Å². The van der Waals surface area contributed by atoms with Crippen molar-refractivity contribution >= 4 is 17.8 Å². The lowest BCUT2D eigenvalue weighted by Gasteiger charge is -2.17. The maximum Gasteiger partial charge on any atom is 0.436 e. The molecule has 1 aromatic carbocycles. The second-order valence-corrected chi connectivity index (χ2v) is 6.20. The molecular weight excluding hydrogens is 327 g/mol. The van der Waals surface area contributed by atoms with Crippen molar-refractivity contribution in [3.8, 4) is 0 Å². The van der Waals surface area contributed by atoms with Crippen LogP contribution in [0.25, 0.3) is 0 Å².